The average Bonchev–Trinajstić information content (AvgIpc) is 2.97. The Balaban J connectivity index is 1.91. The second kappa shape index (κ2) is 5.51. The normalized spacial score (nSPS) is 11.5. The lowest BCUT2D eigenvalue weighted by Crippen LogP contribution is -1.87. The molecule has 0 amide bonds. The third-order valence-electron chi connectivity index (χ3n) is 3.65. The Kier molecular flexibility index (Phi) is 3.66. The first-order valence-electron chi connectivity index (χ1n) is 6.56. The zero-order valence-corrected chi connectivity index (χ0v) is 15.7. The molecule has 0 saturated carbocycles. The quantitative estimate of drug-likeness (QED) is 0.310. The maximum Gasteiger partial charge on any atom is 0.0746 e. The standard InChI is InChI=1S/C17H10Br2S2/c18-16-12(10-5-1-3-7-14(10)20-16)9-13-11-6-2-4-8-15(11)21-17(13)19/h1-8H,9H2. The van der Waals surface area contributed by atoms with Crippen LogP contribution in [0.2, 0.25) is 0 Å². The van der Waals surface area contributed by atoms with E-state index in [2.05, 4.69) is 80.4 Å². The fourth-order valence-corrected chi connectivity index (χ4v) is 6.29. The average molecular weight is 438 g/mol. The third kappa shape index (κ3) is 2.38. The number of halogens is 2. The Morgan fingerprint density at radius 3 is 1.57 bits per heavy atom. The summed E-state index contributed by atoms with van der Waals surface area (Å²) < 4.78 is 5.17. The third-order valence-corrected chi connectivity index (χ3v) is 7.58. The zero-order valence-electron chi connectivity index (χ0n) is 10.9. The molecule has 2 aromatic carbocycles. The highest BCUT2D eigenvalue weighted by molar-refractivity contribution is 9.11. The summed E-state index contributed by atoms with van der Waals surface area (Å²) in [7, 11) is 0. The van der Waals surface area contributed by atoms with Crippen molar-refractivity contribution in [1.29, 1.82) is 0 Å². The highest BCUT2D eigenvalue weighted by Gasteiger charge is 2.15. The van der Waals surface area contributed by atoms with E-state index < -0.39 is 0 Å². The van der Waals surface area contributed by atoms with Crippen molar-refractivity contribution in [1.82, 2.24) is 0 Å². The van der Waals surface area contributed by atoms with Crippen LogP contribution in [0.15, 0.2) is 56.1 Å². The minimum atomic E-state index is 0.954. The lowest BCUT2D eigenvalue weighted by atomic mass is 10.0. The highest BCUT2D eigenvalue weighted by atomic mass is 79.9. The molecule has 4 aromatic rings. The van der Waals surface area contributed by atoms with E-state index in [9.17, 15) is 0 Å². The summed E-state index contributed by atoms with van der Waals surface area (Å²) in [5.74, 6) is 0. The molecular weight excluding hydrogens is 428 g/mol. The molecule has 0 atom stereocenters. The maximum atomic E-state index is 3.75. The molecule has 0 bridgehead atoms. The molecule has 2 heterocycles. The number of hydrogen-bond acceptors (Lipinski definition) is 2. The fraction of sp³-hybridized carbons (Fsp3) is 0.0588. The molecule has 0 fully saturated rings. The number of benzene rings is 2. The summed E-state index contributed by atoms with van der Waals surface area (Å²) in [6.45, 7) is 0. The van der Waals surface area contributed by atoms with Gasteiger partial charge in [-0.25, -0.2) is 0 Å². The van der Waals surface area contributed by atoms with Crippen LogP contribution in [0.1, 0.15) is 11.1 Å². The van der Waals surface area contributed by atoms with Gasteiger partial charge in [-0.2, -0.15) is 0 Å². The molecule has 4 rings (SSSR count). The zero-order chi connectivity index (χ0) is 14.4. The summed E-state index contributed by atoms with van der Waals surface area (Å²) in [4.78, 5) is 0. The Morgan fingerprint density at radius 1 is 0.667 bits per heavy atom. The molecule has 0 aliphatic heterocycles. The molecule has 0 nitrogen and oxygen atoms in total. The van der Waals surface area contributed by atoms with Crippen LogP contribution >= 0.6 is 54.5 Å². The van der Waals surface area contributed by atoms with Gasteiger partial charge in [-0.1, -0.05) is 36.4 Å². The molecule has 0 unspecified atom stereocenters. The molecule has 0 saturated heterocycles. The van der Waals surface area contributed by atoms with E-state index in [0.29, 0.717) is 0 Å². The number of thiophene rings is 2. The molecule has 2 aromatic heterocycles. The van der Waals surface area contributed by atoms with Crippen LogP contribution in [0.5, 0.6) is 0 Å². The summed E-state index contributed by atoms with van der Waals surface area (Å²) in [5, 5.41) is 2.72. The van der Waals surface area contributed by atoms with E-state index in [1.54, 1.807) is 0 Å². The van der Waals surface area contributed by atoms with Crippen LogP contribution in [0.25, 0.3) is 20.2 Å². The molecule has 0 radical (unpaired) electrons. The van der Waals surface area contributed by atoms with E-state index in [1.807, 2.05) is 22.7 Å². The van der Waals surface area contributed by atoms with Crippen LogP contribution in [0.3, 0.4) is 0 Å². The molecule has 0 N–H and O–H groups in total. The number of rotatable bonds is 2. The second-order valence-corrected chi connectivity index (χ2v) is 9.62. The molecule has 21 heavy (non-hydrogen) atoms. The lowest BCUT2D eigenvalue weighted by Gasteiger charge is -2.02. The van der Waals surface area contributed by atoms with Gasteiger partial charge in [0.15, 0.2) is 0 Å². The first kappa shape index (κ1) is 13.9. The van der Waals surface area contributed by atoms with Gasteiger partial charge in [0.25, 0.3) is 0 Å². The number of fused-ring (bicyclic) bond motifs is 2. The van der Waals surface area contributed by atoms with Crippen LogP contribution in [0, 0.1) is 0 Å². The minimum absolute atomic E-state index is 0.954. The number of hydrogen-bond donors (Lipinski definition) is 0. The van der Waals surface area contributed by atoms with Gasteiger partial charge in [0.05, 0.1) is 7.57 Å². The first-order valence-corrected chi connectivity index (χ1v) is 9.78. The second-order valence-electron chi connectivity index (χ2n) is 4.88. The Labute approximate surface area is 147 Å². The topological polar surface area (TPSA) is 0 Å². The maximum absolute atomic E-state index is 3.75. The Hall–Kier alpha value is -0.680. The van der Waals surface area contributed by atoms with Gasteiger partial charge in [0.1, 0.15) is 0 Å². The molecule has 104 valence electrons. The fourth-order valence-electron chi connectivity index (χ4n) is 2.64. The van der Waals surface area contributed by atoms with Crippen molar-refractivity contribution in [3.05, 3.63) is 67.2 Å². The van der Waals surface area contributed by atoms with Crippen LogP contribution in [0.4, 0.5) is 0 Å². The van der Waals surface area contributed by atoms with Gasteiger partial charge in [-0.05, 0) is 65.9 Å². The molecule has 0 aliphatic carbocycles. The summed E-state index contributed by atoms with van der Waals surface area (Å²) >= 11 is 11.1. The first-order chi connectivity index (χ1) is 10.2. The van der Waals surface area contributed by atoms with E-state index in [-0.39, 0.29) is 0 Å². The monoisotopic (exact) mass is 436 g/mol. The predicted octanol–water partition coefficient (Wildman–Crippen LogP) is 7.23. The van der Waals surface area contributed by atoms with Gasteiger partial charge in [-0.15, -0.1) is 22.7 Å². The van der Waals surface area contributed by atoms with Crippen LogP contribution < -0.4 is 0 Å². The van der Waals surface area contributed by atoms with Crippen molar-refractivity contribution in [2.75, 3.05) is 0 Å². The van der Waals surface area contributed by atoms with Crippen LogP contribution in [-0.4, -0.2) is 0 Å². The van der Waals surface area contributed by atoms with Crippen molar-refractivity contribution in [3.63, 3.8) is 0 Å². The minimum Gasteiger partial charge on any atom is -0.128 e. The van der Waals surface area contributed by atoms with Gasteiger partial charge in [-0.3, -0.25) is 0 Å². The van der Waals surface area contributed by atoms with E-state index in [1.165, 1.54) is 38.9 Å². The van der Waals surface area contributed by atoms with Gasteiger partial charge < -0.3 is 0 Å². The molecule has 4 heteroatoms. The predicted molar refractivity (Wildman–Crippen MR) is 102 cm³/mol. The largest absolute Gasteiger partial charge is 0.128 e. The van der Waals surface area contributed by atoms with Gasteiger partial charge >= 0.3 is 0 Å². The van der Waals surface area contributed by atoms with Crippen LogP contribution in [-0.2, 0) is 6.42 Å². The van der Waals surface area contributed by atoms with Crippen molar-refractivity contribution < 1.29 is 0 Å². The summed E-state index contributed by atoms with van der Waals surface area (Å²) in [6.07, 6.45) is 0.954. The molecular formula is C17H10Br2S2. The van der Waals surface area contributed by atoms with Gasteiger partial charge in [0, 0.05) is 15.8 Å². The van der Waals surface area contributed by atoms with Crippen molar-refractivity contribution in [3.8, 4) is 0 Å². The van der Waals surface area contributed by atoms with Crippen molar-refractivity contribution >= 4 is 74.7 Å². The van der Waals surface area contributed by atoms with Crippen molar-refractivity contribution in [2.45, 2.75) is 6.42 Å². The lowest BCUT2D eigenvalue weighted by molar-refractivity contribution is 1.24. The molecule has 0 aliphatic rings. The highest BCUT2D eigenvalue weighted by Crippen LogP contribution is 2.41. The van der Waals surface area contributed by atoms with E-state index >= 15 is 0 Å². The summed E-state index contributed by atoms with van der Waals surface area (Å²) in [6, 6.07) is 17.3. The summed E-state index contributed by atoms with van der Waals surface area (Å²) in [5.41, 5.74) is 2.78. The molecule has 0 spiro atoms. The van der Waals surface area contributed by atoms with E-state index in [0.717, 1.165) is 6.42 Å². The van der Waals surface area contributed by atoms with E-state index in [4.69, 9.17) is 0 Å². The SMILES string of the molecule is Brc1sc2ccccc2c1Cc1c(Br)sc2ccccc12. The van der Waals surface area contributed by atoms with Crippen molar-refractivity contribution in [2.24, 2.45) is 0 Å². The Bertz CT molecular complexity index is 872. The smallest absolute Gasteiger partial charge is 0.0746 e. The Morgan fingerprint density at radius 2 is 1.10 bits per heavy atom. The van der Waals surface area contributed by atoms with Gasteiger partial charge in [0.2, 0.25) is 0 Å².